The first kappa shape index (κ1) is 38.5. The highest BCUT2D eigenvalue weighted by atomic mass is 16.7. The Morgan fingerprint density at radius 1 is 0.921 bits per heavy atom. The maximum atomic E-state index is 13.9. The number of para-hydroxylation sites is 1. The van der Waals surface area contributed by atoms with Crippen LogP contribution in [0.3, 0.4) is 0 Å². The number of cyclic esters (lactones) is 2. The molecule has 0 bridgehead atoms. The summed E-state index contributed by atoms with van der Waals surface area (Å²) in [4.78, 5) is 50.2. The molecule has 63 heavy (non-hydrogen) atoms. The van der Waals surface area contributed by atoms with E-state index < -0.39 is 23.4 Å². The first-order valence-corrected chi connectivity index (χ1v) is 20.6. The molecule has 0 saturated carbocycles. The first-order chi connectivity index (χ1) is 30.6. The topological polar surface area (TPSA) is 189 Å². The molecule has 5 atom stereocenters. The van der Waals surface area contributed by atoms with Crippen molar-refractivity contribution in [1.29, 1.82) is 0 Å². The van der Waals surface area contributed by atoms with Gasteiger partial charge in [-0.05, 0) is 83.8 Å². The molecule has 1 saturated heterocycles. The van der Waals surface area contributed by atoms with Crippen molar-refractivity contribution in [3.63, 3.8) is 0 Å². The third kappa shape index (κ3) is 5.79. The highest BCUT2D eigenvalue weighted by Crippen LogP contribution is 2.56. The van der Waals surface area contributed by atoms with Crippen LogP contribution >= 0.6 is 0 Å². The highest BCUT2D eigenvalue weighted by Gasteiger charge is 2.53. The molecule has 15 nitrogen and oxygen atoms in total. The number of phenols is 1. The second-order valence-electron chi connectivity index (χ2n) is 16.3. The number of aliphatic hydroxyl groups is 1. The van der Waals surface area contributed by atoms with Gasteiger partial charge in [0.2, 0.25) is 12.5 Å². The van der Waals surface area contributed by atoms with Gasteiger partial charge in [-0.15, -0.1) is 0 Å². The van der Waals surface area contributed by atoms with Crippen molar-refractivity contribution in [2.75, 3.05) is 32.9 Å². The Morgan fingerprint density at radius 2 is 1.65 bits per heavy atom. The molecule has 11 rings (SSSR count). The summed E-state index contributed by atoms with van der Waals surface area (Å²) in [7, 11) is 2.93. The zero-order valence-corrected chi connectivity index (χ0v) is 34.3. The fraction of sp³-hybridized carbons (Fsp3) is 0.271. The van der Waals surface area contributed by atoms with Crippen molar-refractivity contribution in [2.45, 2.75) is 44.1 Å². The van der Waals surface area contributed by atoms with Gasteiger partial charge in [-0.1, -0.05) is 25.1 Å². The molecule has 3 N–H and O–H groups in total. The molecule has 6 aromatic rings. The Bertz CT molecular complexity index is 3010. The van der Waals surface area contributed by atoms with Crippen LogP contribution in [0.1, 0.15) is 64.2 Å². The number of carbonyl (C=O) groups is 2. The largest absolute Gasteiger partial charge is 0.502 e. The van der Waals surface area contributed by atoms with Gasteiger partial charge < -0.3 is 48.5 Å². The quantitative estimate of drug-likeness (QED) is 0.113. The summed E-state index contributed by atoms with van der Waals surface area (Å²) in [5, 5.41) is 26.7. The average molecular weight is 849 g/mol. The number of anilines is 1. The number of esters is 2. The van der Waals surface area contributed by atoms with Gasteiger partial charge in [0.25, 0.3) is 5.56 Å². The Hall–Kier alpha value is -7.39. The van der Waals surface area contributed by atoms with Gasteiger partial charge in [-0.2, -0.15) is 0 Å². The third-order valence-electron chi connectivity index (χ3n) is 13.2. The van der Waals surface area contributed by atoms with Crippen molar-refractivity contribution < 1.29 is 48.2 Å². The van der Waals surface area contributed by atoms with E-state index in [0.717, 1.165) is 33.3 Å². The summed E-state index contributed by atoms with van der Waals surface area (Å²) in [6, 6.07) is 24.0. The third-order valence-corrected chi connectivity index (χ3v) is 13.2. The van der Waals surface area contributed by atoms with Crippen LogP contribution in [-0.4, -0.2) is 65.5 Å². The summed E-state index contributed by atoms with van der Waals surface area (Å²) in [5.74, 6) is -0.978. The maximum Gasteiger partial charge on any atom is 0.343 e. The van der Waals surface area contributed by atoms with E-state index in [0.29, 0.717) is 39.7 Å². The predicted octanol–water partition coefficient (Wildman–Crippen LogP) is 6.37. The van der Waals surface area contributed by atoms with E-state index in [2.05, 4.69) is 5.32 Å². The van der Waals surface area contributed by atoms with Gasteiger partial charge in [0.15, 0.2) is 28.6 Å². The van der Waals surface area contributed by atoms with Crippen LogP contribution in [0.5, 0.6) is 28.7 Å². The molecule has 1 fully saturated rings. The lowest BCUT2D eigenvalue weighted by atomic mass is 9.65. The van der Waals surface area contributed by atoms with E-state index in [4.69, 9.17) is 38.4 Å². The van der Waals surface area contributed by atoms with E-state index in [9.17, 15) is 24.6 Å². The number of aromatic nitrogens is 2. The summed E-state index contributed by atoms with van der Waals surface area (Å²) in [6.07, 6.45) is 1.84. The number of benzene rings is 4. The van der Waals surface area contributed by atoms with Crippen molar-refractivity contribution in [2.24, 2.45) is 16.8 Å². The Kier molecular flexibility index (Phi) is 8.77. The average Bonchev–Trinajstić information content (AvgIpc) is 4.03. The van der Waals surface area contributed by atoms with Gasteiger partial charge in [0.05, 0.1) is 67.5 Å². The second kappa shape index (κ2) is 14.3. The minimum Gasteiger partial charge on any atom is -0.502 e. The van der Waals surface area contributed by atoms with E-state index in [-0.39, 0.29) is 84.8 Å². The zero-order chi connectivity index (χ0) is 43.3. The van der Waals surface area contributed by atoms with Gasteiger partial charge in [0.1, 0.15) is 6.61 Å². The molecule has 0 radical (unpaired) electrons. The molecule has 0 amide bonds. The molecule has 5 unspecified atom stereocenters. The lowest BCUT2D eigenvalue weighted by Gasteiger charge is -2.40. The normalized spacial score (nSPS) is 22.5. The molecule has 2 aromatic heterocycles. The monoisotopic (exact) mass is 848 g/mol. The molecule has 5 aliphatic rings. The number of carbonyl (C=O) groups excluding carboxylic acids is 2. The molecule has 4 aromatic carbocycles. The summed E-state index contributed by atoms with van der Waals surface area (Å²) >= 11 is 0. The summed E-state index contributed by atoms with van der Waals surface area (Å²) in [6.45, 7) is 1.96. The van der Waals surface area contributed by atoms with Crippen LogP contribution in [0.4, 0.5) is 11.4 Å². The molecular weight excluding hydrogens is 809 g/mol. The van der Waals surface area contributed by atoms with E-state index in [1.165, 1.54) is 14.2 Å². The number of ether oxygens (including phenoxy) is 6. The molecule has 4 aliphatic heterocycles. The van der Waals surface area contributed by atoms with Crippen molar-refractivity contribution in [3.05, 3.63) is 128 Å². The molecule has 6 heterocycles. The smallest absolute Gasteiger partial charge is 0.343 e. The van der Waals surface area contributed by atoms with Crippen molar-refractivity contribution >= 4 is 40.4 Å². The molecular formula is C48H40N4O11. The lowest BCUT2D eigenvalue weighted by molar-refractivity contribution is -0.172. The van der Waals surface area contributed by atoms with Crippen LogP contribution in [0, 0.1) is 11.8 Å². The van der Waals surface area contributed by atoms with Gasteiger partial charge in [-0.25, -0.2) is 9.78 Å². The SMILES string of the molecule is CCC1(O)C(=O)OCc2c1cc1n(c2=O)Cc2c-1nc1ccccc1c2C=Nc1ccc(NC2c3cc4c(cc3C(c3cc(OC)c(O)c(OC)c3)C3C(=O)OCC23)OCO4)cc1. The number of hydrogen-bond acceptors (Lipinski definition) is 14. The maximum absolute atomic E-state index is 13.9. The number of nitrogens with one attached hydrogen (secondary N) is 1. The molecule has 1 aliphatic carbocycles. The molecule has 15 heteroatoms. The fourth-order valence-corrected chi connectivity index (χ4v) is 10.0. The number of aromatic hydroxyl groups is 1. The van der Waals surface area contributed by atoms with E-state index >= 15 is 0 Å². The first-order valence-electron chi connectivity index (χ1n) is 20.6. The van der Waals surface area contributed by atoms with E-state index in [1.807, 2.05) is 60.7 Å². The minimum absolute atomic E-state index is 0.0503. The number of pyridine rings is 2. The lowest BCUT2D eigenvalue weighted by Crippen LogP contribution is -2.44. The van der Waals surface area contributed by atoms with Gasteiger partial charge in [-0.3, -0.25) is 14.6 Å². The fourth-order valence-electron chi connectivity index (χ4n) is 10.0. The summed E-state index contributed by atoms with van der Waals surface area (Å²) < 4.78 is 35.3. The number of rotatable bonds is 8. The van der Waals surface area contributed by atoms with Gasteiger partial charge >= 0.3 is 11.9 Å². The number of aliphatic imine (C=N–C) groups is 1. The van der Waals surface area contributed by atoms with Crippen LogP contribution < -0.4 is 29.8 Å². The predicted molar refractivity (Wildman–Crippen MR) is 228 cm³/mol. The minimum atomic E-state index is -1.93. The van der Waals surface area contributed by atoms with Crippen LogP contribution in [0.2, 0.25) is 0 Å². The van der Waals surface area contributed by atoms with Crippen LogP contribution in [-0.2, 0) is 37.8 Å². The van der Waals surface area contributed by atoms with Crippen molar-refractivity contribution in [1.82, 2.24) is 9.55 Å². The molecule has 0 spiro atoms. The number of nitrogens with zero attached hydrogens (tertiary/aromatic N) is 3. The second-order valence-corrected chi connectivity index (χ2v) is 16.3. The van der Waals surface area contributed by atoms with Gasteiger partial charge in [0, 0.05) is 45.8 Å². The number of hydrogen-bond donors (Lipinski definition) is 3. The van der Waals surface area contributed by atoms with Crippen LogP contribution in [0.25, 0.3) is 22.3 Å². The molecule has 318 valence electrons. The zero-order valence-electron chi connectivity index (χ0n) is 34.3. The Labute approximate surface area is 359 Å². The number of phenolic OH excluding ortho intramolecular Hbond substituents is 1. The Morgan fingerprint density at radius 3 is 2.38 bits per heavy atom. The number of fused-ring (bicyclic) bond motifs is 8. The Balaban J connectivity index is 0.938. The summed E-state index contributed by atoms with van der Waals surface area (Å²) in [5.41, 5.74) is 5.58. The van der Waals surface area contributed by atoms with Crippen molar-refractivity contribution in [3.8, 4) is 40.1 Å². The van der Waals surface area contributed by atoms with E-state index in [1.54, 1.807) is 35.9 Å². The number of methoxy groups -OCH3 is 2. The standard InChI is InChI=1S/C48H40N4O11/c1-4-48(57)33-17-35-43-30(19-52(35)45(54)31(33)20-61-47(48)56)29(26-7-5-6-8-34(26)51-43)18-49-24-9-11-25(12-10-24)50-42-28-16-37-36(62-22-63-37)15-27(28)40(41-32(42)21-60-46(41)55)23-13-38(58-2)44(53)39(14-23)59-3/h5-18,32,40-42,50,53,57H,4,19-22H2,1-3H3. The van der Waals surface area contributed by atoms with Crippen LogP contribution in [0.15, 0.2) is 88.6 Å². The highest BCUT2D eigenvalue weighted by molar-refractivity contribution is 6.03.